The van der Waals surface area contributed by atoms with E-state index in [1.165, 1.54) is 5.56 Å². The summed E-state index contributed by atoms with van der Waals surface area (Å²) in [5.74, 6) is 1.38. The topological polar surface area (TPSA) is 9.23 Å². The van der Waals surface area contributed by atoms with Crippen LogP contribution in [0.1, 0.15) is 37.3 Å². The van der Waals surface area contributed by atoms with Crippen LogP contribution in [0.4, 0.5) is 4.39 Å². The van der Waals surface area contributed by atoms with E-state index in [0.717, 1.165) is 11.3 Å². The minimum absolute atomic E-state index is 0.317. The third-order valence-electron chi connectivity index (χ3n) is 2.41. The minimum atomic E-state index is -0.317. The molecule has 1 aromatic rings. The van der Waals surface area contributed by atoms with Crippen LogP contribution in [0.5, 0.6) is 5.75 Å². The molecule has 0 saturated heterocycles. The van der Waals surface area contributed by atoms with Gasteiger partial charge < -0.3 is 4.74 Å². The van der Waals surface area contributed by atoms with Gasteiger partial charge in [0, 0.05) is 6.42 Å². The van der Waals surface area contributed by atoms with E-state index in [0.29, 0.717) is 18.9 Å². The first-order chi connectivity index (χ1) is 7.15. The van der Waals surface area contributed by atoms with Crippen molar-refractivity contribution in [1.29, 1.82) is 0 Å². The smallest absolute Gasteiger partial charge is 0.122 e. The normalized spacial score (nSPS) is 10.7. The first-order valence-electron chi connectivity index (χ1n) is 5.44. The van der Waals surface area contributed by atoms with Crippen molar-refractivity contribution in [3.63, 3.8) is 0 Å². The molecule has 0 spiro atoms. The average molecular weight is 210 g/mol. The predicted molar refractivity (Wildman–Crippen MR) is 61.4 cm³/mol. The molecular formula is C13H19FO. The SMILES string of the molecule is Cc1ccc(C(C)C)cc1OCCCF. The average Bonchev–Trinajstić information content (AvgIpc) is 2.20. The summed E-state index contributed by atoms with van der Waals surface area (Å²) in [4.78, 5) is 0. The molecule has 0 bridgehead atoms. The van der Waals surface area contributed by atoms with Crippen molar-refractivity contribution in [1.82, 2.24) is 0 Å². The van der Waals surface area contributed by atoms with Crippen molar-refractivity contribution in [3.05, 3.63) is 29.3 Å². The summed E-state index contributed by atoms with van der Waals surface area (Å²) in [6.07, 6.45) is 0.464. The van der Waals surface area contributed by atoms with Crippen LogP contribution in [0, 0.1) is 6.92 Å². The van der Waals surface area contributed by atoms with Crippen molar-refractivity contribution in [2.75, 3.05) is 13.3 Å². The molecule has 0 atom stereocenters. The van der Waals surface area contributed by atoms with Gasteiger partial charge in [-0.05, 0) is 30.0 Å². The van der Waals surface area contributed by atoms with E-state index in [9.17, 15) is 4.39 Å². The Hall–Kier alpha value is -1.05. The molecule has 0 amide bonds. The lowest BCUT2D eigenvalue weighted by Crippen LogP contribution is -2.00. The van der Waals surface area contributed by atoms with Gasteiger partial charge in [-0.3, -0.25) is 4.39 Å². The highest BCUT2D eigenvalue weighted by atomic mass is 19.1. The molecule has 0 aliphatic carbocycles. The molecule has 0 unspecified atom stereocenters. The Bertz CT molecular complexity index is 307. The molecule has 0 aromatic heterocycles. The minimum Gasteiger partial charge on any atom is -0.493 e. The molecular weight excluding hydrogens is 191 g/mol. The summed E-state index contributed by atoms with van der Waals surface area (Å²) >= 11 is 0. The Morgan fingerprint density at radius 2 is 2.07 bits per heavy atom. The molecule has 15 heavy (non-hydrogen) atoms. The Kier molecular flexibility index (Phi) is 4.60. The van der Waals surface area contributed by atoms with Gasteiger partial charge in [-0.25, -0.2) is 0 Å². The van der Waals surface area contributed by atoms with E-state index in [-0.39, 0.29) is 6.67 Å². The van der Waals surface area contributed by atoms with Crippen LogP contribution in [0.15, 0.2) is 18.2 Å². The summed E-state index contributed by atoms with van der Waals surface area (Å²) < 4.78 is 17.5. The van der Waals surface area contributed by atoms with E-state index in [4.69, 9.17) is 4.74 Å². The highest BCUT2D eigenvalue weighted by Crippen LogP contribution is 2.24. The highest BCUT2D eigenvalue weighted by Gasteiger charge is 2.04. The zero-order valence-corrected chi connectivity index (χ0v) is 9.72. The standard InChI is InChI=1S/C13H19FO/c1-10(2)12-6-5-11(3)13(9-12)15-8-4-7-14/h5-6,9-10H,4,7-8H2,1-3H3. The maximum absolute atomic E-state index is 11.9. The fourth-order valence-electron chi connectivity index (χ4n) is 1.37. The molecule has 0 heterocycles. The maximum atomic E-state index is 11.9. The number of benzene rings is 1. The number of alkyl halides is 1. The summed E-state index contributed by atoms with van der Waals surface area (Å²) in [7, 11) is 0. The van der Waals surface area contributed by atoms with Gasteiger partial charge >= 0.3 is 0 Å². The predicted octanol–water partition coefficient (Wildman–Crippen LogP) is 3.86. The fourth-order valence-corrected chi connectivity index (χ4v) is 1.37. The highest BCUT2D eigenvalue weighted by molar-refractivity contribution is 5.37. The van der Waals surface area contributed by atoms with Crippen molar-refractivity contribution in [2.45, 2.75) is 33.1 Å². The molecule has 1 aromatic carbocycles. The summed E-state index contributed by atoms with van der Waals surface area (Å²) in [6, 6.07) is 6.22. The lowest BCUT2D eigenvalue weighted by molar-refractivity contribution is 0.288. The number of ether oxygens (including phenoxy) is 1. The van der Waals surface area contributed by atoms with Crippen molar-refractivity contribution in [2.24, 2.45) is 0 Å². The summed E-state index contributed by atoms with van der Waals surface area (Å²) in [5, 5.41) is 0. The van der Waals surface area contributed by atoms with Gasteiger partial charge in [-0.15, -0.1) is 0 Å². The Balaban J connectivity index is 2.72. The monoisotopic (exact) mass is 210 g/mol. The zero-order chi connectivity index (χ0) is 11.3. The van der Waals surface area contributed by atoms with E-state index in [1.807, 2.05) is 6.92 Å². The van der Waals surface area contributed by atoms with E-state index < -0.39 is 0 Å². The molecule has 0 aliphatic heterocycles. The van der Waals surface area contributed by atoms with Gasteiger partial charge in [0.1, 0.15) is 5.75 Å². The van der Waals surface area contributed by atoms with Crippen molar-refractivity contribution >= 4 is 0 Å². The van der Waals surface area contributed by atoms with Gasteiger partial charge in [0.2, 0.25) is 0 Å². The third-order valence-corrected chi connectivity index (χ3v) is 2.41. The summed E-state index contributed by atoms with van der Waals surface area (Å²) in [6.45, 7) is 6.45. The third kappa shape index (κ3) is 3.54. The summed E-state index contributed by atoms with van der Waals surface area (Å²) in [5.41, 5.74) is 2.37. The maximum Gasteiger partial charge on any atom is 0.122 e. The van der Waals surface area contributed by atoms with Crippen molar-refractivity contribution in [3.8, 4) is 5.75 Å². The number of hydrogen-bond acceptors (Lipinski definition) is 1. The van der Waals surface area contributed by atoms with Crippen LogP contribution in [-0.2, 0) is 0 Å². The molecule has 0 N–H and O–H groups in total. The molecule has 1 nitrogen and oxygen atoms in total. The molecule has 1 rings (SSSR count). The van der Waals surface area contributed by atoms with Crippen LogP contribution in [0.25, 0.3) is 0 Å². The van der Waals surface area contributed by atoms with Crippen LogP contribution in [0.3, 0.4) is 0 Å². The molecule has 0 radical (unpaired) electrons. The largest absolute Gasteiger partial charge is 0.493 e. The Labute approximate surface area is 91.3 Å². The van der Waals surface area contributed by atoms with Gasteiger partial charge in [0.15, 0.2) is 0 Å². The quantitative estimate of drug-likeness (QED) is 0.670. The molecule has 0 fully saturated rings. The Morgan fingerprint density at radius 1 is 1.33 bits per heavy atom. The number of halogens is 1. The lowest BCUT2D eigenvalue weighted by atomic mass is 10.0. The van der Waals surface area contributed by atoms with Gasteiger partial charge in [-0.2, -0.15) is 0 Å². The van der Waals surface area contributed by atoms with E-state index in [2.05, 4.69) is 32.0 Å². The van der Waals surface area contributed by atoms with Crippen LogP contribution >= 0.6 is 0 Å². The first kappa shape index (κ1) is 12.0. The van der Waals surface area contributed by atoms with Gasteiger partial charge in [0.05, 0.1) is 13.3 Å². The van der Waals surface area contributed by atoms with Gasteiger partial charge in [-0.1, -0.05) is 26.0 Å². The van der Waals surface area contributed by atoms with Crippen LogP contribution in [-0.4, -0.2) is 13.3 Å². The zero-order valence-electron chi connectivity index (χ0n) is 9.72. The first-order valence-corrected chi connectivity index (χ1v) is 5.44. The Morgan fingerprint density at radius 3 is 2.67 bits per heavy atom. The molecule has 0 saturated carbocycles. The number of rotatable bonds is 5. The second kappa shape index (κ2) is 5.74. The molecule has 2 heteroatoms. The van der Waals surface area contributed by atoms with Crippen LogP contribution < -0.4 is 4.74 Å². The van der Waals surface area contributed by atoms with E-state index >= 15 is 0 Å². The van der Waals surface area contributed by atoms with Crippen LogP contribution in [0.2, 0.25) is 0 Å². The fraction of sp³-hybridized carbons (Fsp3) is 0.538. The second-order valence-electron chi connectivity index (χ2n) is 4.07. The van der Waals surface area contributed by atoms with Gasteiger partial charge in [0.25, 0.3) is 0 Å². The second-order valence-corrected chi connectivity index (χ2v) is 4.07. The number of hydrogen-bond donors (Lipinski definition) is 0. The number of aryl methyl sites for hydroxylation is 1. The van der Waals surface area contributed by atoms with Crippen molar-refractivity contribution < 1.29 is 9.13 Å². The lowest BCUT2D eigenvalue weighted by Gasteiger charge is -2.12. The van der Waals surface area contributed by atoms with E-state index in [1.54, 1.807) is 0 Å². The molecule has 0 aliphatic rings. The molecule has 84 valence electrons.